The van der Waals surface area contributed by atoms with E-state index in [1.54, 1.807) is 0 Å². The van der Waals surface area contributed by atoms with Crippen LogP contribution < -0.4 is 11.5 Å². The highest BCUT2D eigenvalue weighted by molar-refractivity contribution is 5.88. The highest BCUT2D eigenvalue weighted by Crippen LogP contribution is 1.96. The summed E-state index contributed by atoms with van der Waals surface area (Å²) in [5.74, 6) is -2.91. The summed E-state index contributed by atoms with van der Waals surface area (Å²) in [5, 5.41) is 8.55. The number of hydrogen-bond acceptors (Lipinski definition) is 4. The fourth-order valence-electron chi connectivity index (χ4n) is 1.09. The summed E-state index contributed by atoms with van der Waals surface area (Å²) in [6.45, 7) is -1.62. The Kier molecular flexibility index (Phi) is 5.44. The molecule has 0 rings (SSSR count). The van der Waals surface area contributed by atoms with Gasteiger partial charge in [0.05, 0.1) is 0 Å². The molecule has 0 saturated carbocycles. The Labute approximate surface area is 96.9 Å². The van der Waals surface area contributed by atoms with Crippen molar-refractivity contribution in [2.24, 2.45) is 11.5 Å². The molecule has 9 heteroatoms. The van der Waals surface area contributed by atoms with E-state index in [1.165, 1.54) is 7.05 Å². The van der Waals surface area contributed by atoms with Crippen LogP contribution in [0.15, 0.2) is 0 Å². The molecule has 0 radical (unpaired) electrons. The van der Waals surface area contributed by atoms with Gasteiger partial charge < -0.3 is 26.4 Å². The van der Waals surface area contributed by atoms with Crippen LogP contribution in [0.3, 0.4) is 0 Å². The van der Waals surface area contributed by atoms with Gasteiger partial charge in [-0.2, -0.15) is 0 Å². The normalized spacial score (nSPS) is 9.47. The number of carboxylic acid groups (broad SMARTS) is 1. The molecule has 0 aromatic heterocycles. The summed E-state index contributed by atoms with van der Waals surface area (Å²) in [4.78, 5) is 45.0. The molecule has 0 aromatic carbocycles. The van der Waals surface area contributed by atoms with Crippen molar-refractivity contribution >= 4 is 23.8 Å². The average Bonchev–Trinajstić information content (AvgIpc) is 2.12. The zero-order valence-electron chi connectivity index (χ0n) is 9.25. The lowest BCUT2D eigenvalue weighted by Gasteiger charge is -2.24. The monoisotopic (exact) mass is 246 g/mol. The molecule has 0 bridgehead atoms. The zero-order chi connectivity index (χ0) is 13.6. The molecule has 4 amide bonds. The summed E-state index contributed by atoms with van der Waals surface area (Å²) < 4.78 is 0. The Morgan fingerprint density at radius 2 is 1.47 bits per heavy atom. The summed E-state index contributed by atoms with van der Waals surface area (Å²) >= 11 is 0. The number of primary amides is 2. The minimum atomic E-state index is -1.30. The third-order valence-electron chi connectivity index (χ3n) is 1.66. The number of nitrogens with zero attached hydrogens (tertiary/aromatic N) is 2. The first-order chi connectivity index (χ1) is 7.73. The first kappa shape index (κ1) is 14.7. The van der Waals surface area contributed by atoms with Crippen LogP contribution in [0.5, 0.6) is 0 Å². The van der Waals surface area contributed by atoms with Gasteiger partial charge in [0.15, 0.2) is 0 Å². The van der Waals surface area contributed by atoms with Crippen molar-refractivity contribution in [2.75, 3.05) is 26.7 Å². The van der Waals surface area contributed by atoms with Gasteiger partial charge in [-0.05, 0) is 0 Å². The lowest BCUT2D eigenvalue weighted by molar-refractivity contribution is -0.138. The summed E-state index contributed by atoms with van der Waals surface area (Å²) in [5.41, 5.74) is 9.75. The number of carbonyl (C=O) groups excluding carboxylic acids is 3. The van der Waals surface area contributed by atoms with Crippen molar-refractivity contribution < 1.29 is 24.3 Å². The van der Waals surface area contributed by atoms with Crippen molar-refractivity contribution in [3.63, 3.8) is 0 Å². The lowest BCUT2D eigenvalue weighted by atomic mass is 10.4. The molecule has 0 spiro atoms. The number of aliphatic carboxylic acids is 1. The molecule has 0 unspecified atom stereocenters. The number of hydrogen-bond donors (Lipinski definition) is 3. The van der Waals surface area contributed by atoms with Crippen LogP contribution in [0.4, 0.5) is 4.79 Å². The van der Waals surface area contributed by atoms with Crippen molar-refractivity contribution in [3.8, 4) is 0 Å². The van der Waals surface area contributed by atoms with Crippen molar-refractivity contribution in [2.45, 2.75) is 0 Å². The van der Waals surface area contributed by atoms with Gasteiger partial charge in [0, 0.05) is 7.05 Å². The molecular weight excluding hydrogens is 232 g/mol. The fraction of sp³-hybridized carbons (Fsp3) is 0.500. The van der Waals surface area contributed by atoms with Crippen molar-refractivity contribution in [1.82, 2.24) is 9.80 Å². The molecule has 0 heterocycles. The van der Waals surface area contributed by atoms with Gasteiger partial charge in [-0.15, -0.1) is 0 Å². The van der Waals surface area contributed by atoms with E-state index in [1.807, 2.05) is 0 Å². The van der Waals surface area contributed by atoms with E-state index in [2.05, 4.69) is 0 Å². The standard InChI is InChI=1S/C8H14N4O5/c1-11(2-5(9)13)8(17)12(3-6(10)14)4-7(15)16/h2-4H2,1H3,(H2,9,13)(H2,10,14)(H,15,16). The molecule has 17 heavy (non-hydrogen) atoms. The molecule has 96 valence electrons. The third-order valence-corrected chi connectivity index (χ3v) is 1.66. The number of urea groups is 1. The van der Waals surface area contributed by atoms with Gasteiger partial charge >= 0.3 is 12.0 Å². The summed E-state index contributed by atoms with van der Waals surface area (Å²) in [6.07, 6.45) is 0. The zero-order valence-corrected chi connectivity index (χ0v) is 9.25. The number of rotatable bonds is 6. The second-order valence-electron chi connectivity index (χ2n) is 3.32. The van der Waals surface area contributed by atoms with Crippen LogP contribution in [0.2, 0.25) is 0 Å². The maximum absolute atomic E-state index is 11.6. The van der Waals surface area contributed by atoms with Crippen LogP contribution in [0.25, 0.3) is 0 Å². The van der Waals surface area contributed by atoms with E-state index in [9.17, 15) is 19.2 Å². The molecule has 0 aliphatic carbocycles. The van der Waals surface area contributed by atoms with Gasteiger partial charge in [-0.1, -0.05) is 0 Å². The lowest BCUT2D eigenvalue weighted by Crippen LogP contribution is -2.49. The molecule has 0 atom stereocenters. The van der Waals surface area contributed by atoms with Gasteiger partial charge in [-0.3, -0.25) is 14.4 Å². The highest BCUT2D eigenvalue weighted by Gasteiger charge is 2.22. The quantitative estimate of drug-likeness (QED) is 0.470. The Bertz CT molecular complexity index is 327. The molecule has 5 N–H and O–H groups in total. The molecule has 0 fully saturated rings. The number of amides is 4. The van der Waals surface area contributed by atoms with Gasteiger partial charge in [0.1, 0.15) is 19.6 Å². The Balaban J connectivity index is 4.66. The minimum Gasteiger partial charge on any atom is -0.480 e. The predicted octanol–water partition coefficient (Wildman–Crippen LogP) is -2.60. The van der Waals surface area contributed by atoms with Gasteiger partial charge in [0.25, 0.3) is 0 Å². The first-order valence-electron chi connectivity index (χ1n) is 4.52. The van der Waals surface area contributed by atoms with Gasteiger partial charge in [0.2, 0.25) is 11.8 Å². The van der Waals surface area contributed by atoms with E-state index >= 15 is 0 Å². The molecule has 0 saturated heterocycles. The third kappa shape index (κ3) is 5.97. The molecule has 0 aliphatic rings. The maximum Gasteiger partial charge on any atom is 0.323 e. The smallest absolute Gasteiger partial charge is 0.323 e. The van der Waals surface area contributed by atoms with Crippen molar-refractivity contribution in [3.05, 3.63) is 0 Å². The van der Waals surface area contributed by atoms with E-state index in [-0.39, 0.29) is 6.54 Å². The summed E-state index contributed by atoms with van der Waals surface area (Å²) in [6, 6.07) is -0.815. The number of carbonyl (C=O) groups is 4. The van der Waals surface area contributed by atoms with Crippen LogP contribution in [0, 0.1) is 0 Å². The first-order valence-corrected chi connectivity index (χ1v) is 4.52. The Morgan fingerprint density at radius 1 is 1.00 bits per heavy atom. The molecule has 9 nitrogen and oxygen atoms in total. The Morgan fingerprint density at radius 3 is 1.82 bits per heavy atom. The van der Waals surface area contributed by atoms with E-state index in [0.29, 0.717) is 4.90 Å². The number of carboxylic acids is 1. The molecule has 0 aliphatic heterocycles. The van der Waals surface area contributed by atoms with Crippen molar-refractivity contribution in [1.29, 1.82) is 0 Å². The maximum atomic E-state index is 11.6. The fourth-order valence-corrected chi connectivity index (χ4v) is 1.09. The number of nitrogens with two attached hydrogens (primary N) is 2. The SMILES string of the molecule is CN(CC(N)=O)C(=O)N(CC(N)=O)CC(=O)O. The van der Waals surface area contributed by atoms with Crippen LogP contribution in [-0.2, 0) is 14.4 Å². The molecular formula is C8H14N4O5. The second kappa shape index (κ2) is 6.30. The topological polar surface area (TPSA) is 147 Å². The van der Waals surface area contributed by atoms with Crippen LogP contribution >= 0.6 is 0 Å². The average molecular weight is 246 g/mol. The summed E-state index contributed by atoms with van der Waals surface area (Å²) in [7, 11) is 1.25. The predicted molar refractivity (Wildman–Crippen MR) is 55.6 cm³/mol. The van der Waals surface area contributed by atoms with Crippen LogP contribution in [0.1, 0.15) is 0 Å². The molecule has 0 aromatic rings. The number of likely N-dealkylation sites (N-methyl/N-ethyl adjacent to an activating group) is 1. The van der Waals surface area contributed by atoms with E-state index in [4.69, 9.17) is 16.6 Å². The highest BCUT2D eigenvalue weighted by atomic mass is 16.4. The largest absolute Gasteiger partial charge is 0.480 e. The van der Waals surface area contributed by atoms with Crippen LogP contribution in [-0.4, -0.2) is 65.4 Å². The van der Waals surface area contributed by atoms with Gasteiger partial charge in [-0.25, -0.2) is 4.79 Å². The van der Waals surface area contributed by atoms with E-state index < -0.39 is 36.9 Å². The van der Waals surface area contributed by atoms with E-state index in [0.717, 1.165) is 4.90 Å². The second-order valence-corrected chi connectivity index (χ2v) is 3.32. The minimum absolute atomic E-state index is 0.381. The Hall–Kier alpha value is -2.32.